The van der Waals surface area contributed by atoms with Gasteiger partial charge in [-0.15, -0.1) is 0 Å². The summed E-state index contributed by atoms with van der Waals surface area (Å²) in [5.41, 5.74) is 4.40. The number of ether oxygens (including phenoxy) is 2. The van der Waals surface area contributed by atoms with Gasteiger partial charge >= 0.3 is 11.9 Å². The molecule has 0 spiro atoms. The Hall–Kier alpha value is -4.56. The predicted octanol–water partition coefficient (Wildman–Crippen LogP) is 4.85. The Kier molecular flexibility index (Phi) is 8.12. The highest BCUT2D eigenvalue weighted by Gasteiger charge is 2.35. The first-order valence-electron chi connectivity index (χ1n) is 13.4. The molecule has 5 rings (SSSR count). The fourth-order valence-corrected chi connectivity index (χ4v) is 5.80. The molecule has 0 aliphatic carbocycles. The molecule has 41 heavy (non-hydrogen) atoms. The Bertz CT molecular complexity index is 1800. The SMILES string of the molecule is CCOC(=O)C1=C(c2ccccc2)N=c2s/c(=C\c3ccc(C(=O)OC)cc3)c(=O)n2[C@@H]1c1ccc(C(C)C)cc1. The van der Waals surface area contributed by atoms with Gasteiger partial charge in [0, 0.05) is 5.56 Å². The van der Waals surface area contributed by atoms with Gasteiger partial charge in [0.25, 0.3) is 5.56 Å². The lowest BCUT2D eigenvalue weighted by molar-refractivity contribution is -0.138. The summed E-state index contributed by atoms with van der Waals surface area (Å²) in [6.07, 6.45) is 1.76. The Morgan fingerprint density at radius 2 is 1.66 bits per heavy atom. The standard InChI is InChI=1S/C33H30N2O5S/c1-5-40-32(38)27-28(23-9-7-6-8-10-23)34-33-35(29(27)24-17-15-22(16-18-24)20(2)3)30(36)26(41-33)19-21-11-13-25(14-12-21)31(37)39-4/h6-20,29H,5H2,1-4H3/b26-19-/t29-/m1/s1. The quantitative estimate of drug-likeness (QED) is 0.299. The number of methoxy groups -OCH3 is 1. The Morgan fingerprint density at radius 3 is 2.27 bits per heavy atom. The molecule has 3 aromatic carbocycles. The number of thiazole rings is 1. The number of carbonyl (C=O) groups excluding carboxylic acids is 2. The lowest BCUT2D eigenvalue weighted by Crippen LogP contribution is -2.40. The van der Waals surface area contributed by atoms with E-state index in [2.05, 4.69) is 13.8 Å². The van der Waals surface area contributed by atoms with Crippen LogP contribution in [0.4, 0.5) is 0 Å². The Labute approximate surface area is 241 Å². The number of benzene rings is 3. The van der Waals surface area contributed by atoms with Gasteiger partial charge < -0.3 is 9.47 Å². The van der Waals surface area contributed by atoms with Crippen molar-refractivity contribution in [1.82, 2.24) is 4.57 Å². The third kappa shape index (κ3) is 5.56. The zero-order chi connectivity index (χ0) is 29.1. The second-order valence-corrected chi connectivity index (χ2v) is 10.9. The van der Waals surface area contributed by atoms with Crippen LogP contribution < -0.4 is 14.9 Å². The van der Waals surface area contributed by atoms with E-state index in [1.807, 2.05) is 54.6 Å². The van der Waals surface area contributed by atoms with Crippen molar-refractivity contribution in [3.63, 3.8) is 0 Å². The van der Waals surface area contributed by atoms with Gasteiger partial charge in [0.2, 0.25) is 0 Å². The lowest BCUT2D eigenvalue weighted by atomic mass is 9.91. The molecule has 0 amide bonds. The van der Waals surface area contributed by atoms with Crippen LogP contribution in [0.1, 0.15) is 65.3 Å². The van der Waals surface area contributed by atoms with Crippen molar-refractivity contribution in [2.45, 2.75) is 32.7 Å². The molecule has 0 saturated heterocycles. The van der Waals surface area contributed by atoms with Gasteiger partial charge in [-0.3, -0.25) is 9.36 Å². The number of rotatable bonds is 7. The zero-order valence-corrected chi connectivity index (χ0v) is 24.1. The van der Waals surface area contributed by atoms with Gasteiger partial charge in [0.1, 0.15) is 0 Å². The van der Waals surface area contributed by atoms with Crippen LogP contribution >= 0.6 is 11.3 Å². The molecular formula is C33H30N2O5S. The highest BCUT2D eigenvalue weighted by atomic mass is 32.1. The molecule has 208 valence electrons. The first-order valence-corrected chi connectivity index (χ1v) is 14.2. The summed E-state index contributed by atoms with van der Waals surface area (Å²) < 4.78 is 12.4. The molecule has 1 atom stereocenters. The lowest BCUT2D eigenvalue weighted by Gasteiger charge is -2.26. The van der Waals surface area contributed by atoms with Crippen molar-refractivity contribution in [2.24, 2.45) is 4.99 Å². The number of hydrogen-bond acceptors (Lipinski definition) is 7. The molecular weight excluding hydrogens is 536 g/mol. The Morgan fingerprint density at radius 1 is 0.976 bits per heavy atom. The topological polar surface area (TPSA) is 87.0 Å². The zero-order valence-electron chi connectivity index (χ0n) is 23.3. The molecule has 4 aromatic rings. The van der Waals surface area contributed by atoms with Gasteiger partial charge in [-0.1, -0.05) is 91.9 Å². The number of carbonyl (C=O) groups is 2. The van der Waals surface area contributed by atoms with E-state index >= 15 is 0 Å². The van der Waals surface area contributed by atoms with Gasteiger partial charge in [-0.2, -0.15) is 0 Å². The number of hydrogen-bond donors (Lipinski definition) is 0. The van der Waals surface area contributed by atoms with Gasteiger partial charge in [0.15, 0.2) is 4.80 Å². The molecule has 0 saturated carbocycles. The largest absolute Gasteiger partial charge is 0.465 e. The van der Waals surface area contributed by atoms with Crippen LogP contribution in [0.15, 0.2) is 94.2 Å². The summed E-state index contributed by atoms with van der Waals surface area (Å²) in [5, 5.41) is 0. The van der Waals surface area contributed by atoms with Crippen molar-refractivity contribution in [3.05, 3.63) is 132 Å². The van der Waals surface area contributed by atoms with Crippen molar-refractivity contribution >= 4 is 35.0 Å². The Balaban J connectivity index is 1.75. The monoisotopic (exact) mass is 566 g/mol. The molecule has 0 bridgehead atoms. The molecule has 2 heterocycles. The van der Waals surface area contributed by atoms with Crippen LogP contribution in [0.3, 0.4) is 0 Å². The van der Waals surface area contributed by atoms with Gasteiger partial charge in [-0.05, 0) is 47.7 Å². The molecule has 1 aromatic heterocycles. The van der Waals surface area contributed by atoms with Crippen molar-refractivity contribution < 1.29 is 19.1 Å². The summed E-state index contributed by atoms with van der Waals surface area (Å²) in [6.45, 7) is 6.18. The maximum Gasteiger partial charge on any atom is 0.338 e. The summed E-state index contributed by atoms with van der Waals surface area (Å²) >= 11 is 1.25. The maximum absolute atomic E-state index is 14.0. The van der Waals surface area contributed by atoms with Crippen molar-refractivity contribution in [3.8, 4) is 0 Å². The maximum atomic E-state index is 14.0. The first-order chi connectivity index (χ1) is 19.8. The number of fused-ring (bicyclic) bond motifs is 1. The van der Waals surface area contributed by atoms with E-state index in [-0.39, 0.29) is 12.2 Å². The van der Waals surface area contributed by atoms with Crippen molar-refractivity contribution in [1.29, 1.82) is 0 Å². The minimum absolute atomic E-state index is 0.190. The molecule has 0 unspecified atom stereocenters. The van der Waals surface area contributed by atoms with E-state index in [1.54, 1.807) is 41.8 Å². The normalized spacial score (nSPS) is 15.0. The van der Waals surface area contributed by atoms with Crippen LogP contribution in [0.2, 0.25) is 0 Å². The fraction of sp³-hybridized carbons (Fsp3) is 0.212. The average Bonchev–Trinajstić information content (AvgIpc) is 3.31. The van der Waals surface area contributed by atoms with Crippen LogP contribution in [-0.2, 0) is 14.3 Å². The summed E-state index contributed by atoms with van der Waals surface area (Å²) in [7, 11) is 1.33. The van der Waals surface area contributed by atoms with Crippen LogP contribution in [0, 0.1) is 0 Å². The van der Waals surface area contributed by atoms with E-state index in [1.165, 1.54) is 18.4 Å². The van der Waals surface area contributed by atoms with Gasteiger partial charge in [-0.25, -0.2) is 14.6 Å². The molecule has 0 fully saturated rings. The third-order valence-electron chi connectivity index (χ3n) is 6.92. The summed E-state index contributed by atoms with van der Waals surface area (Å²) in [4.78, 5) is 44.8. The molecule has 1 aliphatic rings. The number of nitrogens with zero attached hydrogens (tertiary/aromatic N) is 2. The third-order valence-corrected chi connectivity index (χ3v) is 7.91. The van der Waals surface area contributed by atoms with E-state index in [0.29, 0.717) is 32.1 Å². The average molecular weight is 567 g/mol. The van der Waals surface area contributed by atoms with Gasteiger partial charge in [0.05, 0.1) is 41.1 Å². The van der Waals surface area contributed by atoms with Crippen molar-refractivity contribution in [2.75, 3.05) is 13.7 Å². The molecule has 7 nitrogen and oxygen atoms in total. The van der Waals surface area contributed by atoms with Crippen LogP contribution in [0.25, 0.3) is 11.8 Å². The molecule has 0 N–H and O–H groups in total. The predicted molar refractivity (Wildman–Crippen MR) is 159 cm³/mol. The van der Waals surface area contributed by atoms with Crippen LogP contribution in [0.5, 0.6) is 0 Å². The van der Waals surface area contributed by atoms with E-state index in [0.717, 1.165) is 22.3 Å². The van der Waals surface area contributed by atoms with E-state index in [9.17, 15) is 14.4 Å². The molecule has 1 aliphatic heterocycles. The highest BCUT2D eigenvalue weighted by Crippen LogP contribution is 2.35. The number of aromatic nitrogens is 1. The highest BCUT2D eigenvalue weighted by molar-refractivity contribution is 7.07. The number of esters is 2. The molecule has 8 heteroatoms. The minimum atomic E-state index is -0.731. The first kappa shape index (κ1) is 28.0. The summed E-state index contributed by atoms with van der Waals surface area (Å²) in [6, 6.07) is 23.6. The second-order valence-electron chi connectivity index (χ2n) is 9.87. The minimum Gasteiger partial charge on any atom is -0.465 e. The summed E-state index contributed by atoms with van der Waals surface area (Å²) in [5.74, 6) is -0.614. The van der Waals surface area contributed by atoms with E-state index in [4.69, 9.17) is 14.5 Å². The fourth-order valence-electron chi connectivity index (χ4n) is 4.80. The second kappa shape index (κ2) is 11.9. The van der Waals surface area contributed by atoms with Crippen LogP contribution in [-0.4, -0.2) is 30.2 Å². The van der Waals surface area contributed by atoms with E-state index < -0.39 is 18.0 Å². The smallest absolute Gasteiger partial charge is 0.338 e. The molecule has 0 radical (unpaired) electrons.